The molecule has 1 aliphatic heterocycles. The molecule has 0 unspecified atom stereocenters. The zero-order valence-corrected chi connectivity index (χ0v) is 13.1. The molecule has 1 saturated heterocycles. The molecule has 1 aromatic carbocycles. The molecule has 116 valence electrons. The van der Waals surface area contributed by atoms with Crippen molar-refractivity contribution in [2.24, 2.45) is 0 Å². The van der Waals surface area contributed by atoms with Crippen molar-refractivity contribution in [3.05, 3.63) is 42.2 Å². The summed E-state index contributed by atoms with van der Waals surface area (Å²) in [5.74, 6) is 2.23. The first-order chi connectivity index (χ1) is 10.7. The van der Waals surface area contributed by atoms with Gasteiger partial charge >= 0.3 is 0 Å². The molecule has 5 heteroatoms. The lowest BCUT2D eigenvalue weighted by Gasteiger charge is -2.27. The Morgan fingerprint density at radius 2 is 1.91 bits per heavy atom. The lowest BCUT2D eigenvalue weighted by Crippen LogP contribution is -2.36. The number of hydrogen-bond acceptors (Lipinski definition) is 5. The van der Waals surface area contributed by atoms with Crippen LogP contribution in [0.1, 0.15) is 25.3 Å². The number of nitrogens with zero attached hydrogens (tertiary/aromatic N) is 3. The molecule has 1 N–H and O–H groups in total. The fourth-order valence-corrected chi connectivity index (χ4v) is 2.63. The van der Waals surface area contributed by atoms with E-state index >= 15 is 0 Å². The van der Waals surface area contributed by atoms with Crippen LogP contribution in [-0.2, 0) is 4.74 Å². The van der Waals surface area contributed by atoms with E-state index in [-0.39, 0.29) is 0 Å². The number of nitrogens with one attached hydrogen (secondary N) is 1. The Bertz CT molecular complexity index is 624. The highest BCUT2D eigenvalue weighted by atomic mass is 16.5. The number of aromatic nitrogens is 2. The van der Waals surface area contributed by atoms with Crippen LogP contribution in [0.3, 0.4) is 0 Å². The molecule has 2 heterocycles. The van der Waals surface area contributed by atoms with Crippen molar-refractivity contribution in [2.45, 2.75) is 19.8 Å². The first kappa shape index (κ1) is 14.8. The van der Waals surface area contributed by atoms with Crippen LogP contribution in [0.5, 0.6) is 0 Å². The third-order valence-electron chi connectivity index (χ3n) is 3.83. The summed E-state index contributed by atoms with van der Waals surface area (Å²) in [6.07, 6.45) is 1.62. The molecule has 0 radical (unpaired) electrons. The quantitative estimate of drug-likeness (QED) is 0.939. The number of benzene rings is 1. The van der Waals surface area contributed by atoms with Gasteiger partial charge in [0, 0.05) is 24.8 Å². The summed E-state index contributed by atoms with van der Waals surface area (Å²) >= 11 is 0. The van der Waals surface area contributed by atoms with Gasteiger partial charge in [-0.15, -0.1) is 0 Å². The first-order valence-electron chi connectivity index (χ1n) is 7.75. The molecule has 2 aromatic rings. The van der Waals surface area contributed by atoms with Crippen LogP contribution in [0.25, 0.3) is 0 Å². The zero-order chi connectivity index (χ0) is 15.4. The number of anilines is 3. The Hall–Kier alpha value is -2.14. The van der Waals surface area contributed by atoms with Gasteiger partial charge in [0.05, 0.1) is 13.2 Å². The molecule has 0 amide bonds. The number of para-hydroxylation sites is 1. The van der Waals surface area contributed by atoms with Crippen molar-refractivity contribution in [3.63, 3.8) is 0 Å². The number of rotatable bonds is 4. The van der Waals surface area contributed by atoms with Crippen molar-refractivity contribution in [2.75, 3.05) is 36.5 Å². The Labute approximate surface area is 131 Å². The Balaban J connectivity index is 1.81. The predicted octanol–water partition coefficient (Wildman–Crippen LogP) is 3.18. The van der Waals surface area contributed by atoms with E-state index in [1.807, 2.05) is 12.1 Å². The van der Waals surface area contributed by atoms with Crippen LogP contribution in [0.2, 0.25) is 0 Å². The van der Waals surface area contributed by atoms with Gasteiger partial charge in [0.2, 0.25) is 0 Å². The standard InChI is InChI=1S/C17H22N4O/c1-13(2)14-5-3-4-6-15(14)20-16-11-17(19-12-18-16)21-7-9-22-10-8-21/h3-6,11-13H,7-10H2,1-2H3,(H,18,19,20). The second-order valence-corrected chi connectivity index (χ2v) is 5.73. The van der Waals surface area contributed by atoms with Gasteiger partial charge < -0.3 is 15.0 Å². The van der Waals surface area contributed by atoms with Gasteiger partial charge in [-0.25, -0.2) is 9.97 Å². The third kappa shape index (κ3) is 3.36. The lowest BCUT2D eigenvalue weighted by molar-refractivity contribution is 0.122. The number of hydrogen-bond donors (Lipinski definition) is 1. The van der Waals surface area contributed by atoms with Crippen LogP contribution in [0, 0.1) is 0 Å². The van der Waals surface area contributed by atoms with E-state index in [2.05, 4.69) is 52.2 Å². The van der Waals surface area contributed by atoms with Gasteiger partial charge in [0.25, 0.3) is 0 Å². The van der Waals surface area contributed by atoms with E-state index in [0.29, 0.717) is 5.92 Å². The van der Waals surface area contributed by atoms with E-state index in [0.717, 1.165) is 43.6 Å². The van der Waals surface area contributed by atoms with Crippen LogP contribution < -0.4 is 10.2 Å². The van der Waals surface area contributed by atoms with E-state index < -0.39 is 0 Å². The van der Waals surface area contributed by atoms with Gasteiger partial charge in [-0.1, -0.05) is 32.0 Å². The third-order valence-corrected chi connectivity index (χ3v) is 3.83. The molecule has 22 heavy (non-hydrogen) atoms. The largest absolute Gasteiger partial charge is 0.378 e. The SMILES string of the molecule is CC(C)c1ccccc1Nc1cc(N2CCOCC2)ncn1. The molecular weight excluding hydrogens is 276 g/mol. The lowest BCUT2D eigenvalue weighted by atomic mass is 10.0. The van der Waals surface area contributed by atoms with Crippen molar-refractivity contribution in [1.82, 2.24) is 9.97 Å². The average Bonchev–Trinajstić information content (AvgIpc) is 2.56. The summed E-state index contributed by atoms with van der Waals surface area (Å²) in [6, 6.07) is 10.4. The maximum Gasteiger partial charge on any atom is 0.135 e. The van der Waals surface area contributed by atoms with Crippen LogP contribution in [-0.4, -0.2) is 36.3 Å². The average molecular weight is 298 g/mol. The molecule has 3 rings (SSSR count). The summed E-state index contributed by atoms with van der Waals surface area (Å²) in [4.78, 5) is 11.0. The van der Waals surface area contributed by atoms with E-state index in [4.69, 9.17) is 4.74 Å². The molecule has 1 aromatic heterocycles. The maximum absolute atomic E-state index is 5.39. The maximum atomic E-state index is 5.39. The monoisotopic (exact) mass is 298 g/mol. The molecule has 0 atom stereocenters. The molecule has 0 spiro atoms. The van der Waals surface area contributed by atoms with Crippen molar-refractivity contribution < 1.29 is 4.74 Å². The number of morpholine rings is 1. The molecule has 0 bridgehead atoms. The summed E-state index contributed by atoms with van der Waals surface area (Å²) < 4.78 is 5.39. The van der Waals surface area contributed by atoms with E-state index in [9.17, 15) is 0 Å². The normalized spacial score (nSPS) is 15.1. The fraction of sp³-hybridized carbons (Fsp3) is 0.412. The van der Waals surface area contributed by atoms with Gasteiger partial charge in [0.15, 0.2) is 0 Å². The fourth-order valence-electron chi connectivity index (χ4n) is 2.63. The Morgan fingerprint density at radius 3 is 2.68 bits per heavy atom. The van der Waals surface area contributed by atoms with Crippen LogP contribution >= 0.6 is 0 Å². The molecule has 1 fully saturated rings. The van der Waals surface area contributed by atoms with Gasteiger partial charge in [-0.3, -0.25) is 0 Å². The Kier molecular flexibility index (Phi) is 4.53. The molecule has 1 aliphatic rings. The van der Waals surface area contributed by atoms with Gasteiger partial charge in [-0.2, -0.15) is 0 Å². The first-order valence-corrected chi connectivity index (χ1v) is 7.75. The van der Waals surface area contributed by atoms with Gasteiger partial charge in [0.1, 0.15) is 18.0 Å². The van der Waals surface area contributed by atoms with Crippen molar-refractivity contribution in [3.8, 4) is 0 Å². The summed E-state index contributed by atoms with van der Waals surface area (Å²) in [5, 5.41) is 3.42. The van der Waals surface area contributed by atoms with Gasteiger partial charge in [-0.05, 0) is 17.5 Å². The second kappa shape index (κ2) is 6.75. The van der Waals surface area contributed by atoms with Crippen LogP contribution in [0.4, 0.5) is 17.3 Å². The highest BCUT2D eigenvalue weighted by Crippen LogP contribution is 2.27. The van der Waals surface area contributed by atoms with Crippen molar-refractivity contribution in [1.29, 1.82) is 0 Å². The molecule has 0 saturated carbocycles. The minimum Gasteiger partial charge on any atom is -0.378 e. The summed E-state index contributed by atoms with van der Waals surface area (Å²) in [6.45, 7) is 7.64. The molecule has 0 aliphatic carbocycles. The minimum absolute atomic E-state index is 0.462. The van der Waals surface area contributed by atoms with E-state index in [1.165, 1.54) is 5.56 Å². The highest BCUT2D eigenvalue weighted by Gasteiger charge is 2.13. The summed E-state index contributed by atoms with van der Waals surface area (Å²) in [7, 11) is 0. The van der Waals surface area contributed by atoms with Crippen LogP contribution in [0.15, 0.2) is 36.7 Å². The topological polar surface area (TPSA) is 50.3 Å². The smallest absolute Gasteiger partial charge is 0.135 e. The zero-order valence-electron chi connectivity index (χ0n) is 13.1. The highest BCUT2D eigenvalue weighted by molar-refractivity contribution is 5.63. The minimum atomic E-state index is 0.462. The summed E-state index contributed by atoms with van der Waals surface area (Å²) in [5.41, 5.74) is 2.39. The molecular formula is C17H22N4O. The predicted molar refractivity (Wildman–Crippen MR) is 88.9 cm³/mol. The second-order valence-electron chi connectivity index (χ2n) is 5.73. The molecule has 5 nitrogen and oxygen atoms in total. The van der Waals surface area contributed by atoms with Crippen molar-refractivity contribution >= 4 is 17.3 Å². The Morgan fingerprint density at radius 1 is 1.14 bits per heavy atom. The number of ether oxygens (including phenoxy) is 1. The van der Waals surface area contributed by atoms with E-state index in [1.54, 1.807) is 6.33 Å².